The monoisotopic (exact) mass is 299 g/mol. The number of nitrogens with zero attached hydrogens (tertiary/aromatic N) is 1. The fraction of sp³-hybridized carbons (Fsp3) is 0.353. The molecule has 0 spiro atoms. The second-order valence-electron chi connectivity index (χ2n) is 5.76. The van der Waals surface area contributed by atoms with Gasteiger partial charge in [-0.05, 0) is 24.5 Å². The number of esters is 1. The zero-order chi connectivity index (χ0) is 15.9. The van der Waals surface area contributed by atoms with Crippen molar-refractivity contribution in [2.45, 2.75) is 20.3 Å². The molecule has 0 N–H and O–H groups in total. The Morgan fingerprint density at radius 3 is 2.73 bits per heavy atom. The Hall–Kier alpha value is -2.43. The summed E-state index contributed by atoms with van der Waals surface area (Å²) in [6.07, 6.45) is 4.56. The number of amides is 2. The highest BCUT2D eigenvalue weighted by atomic mass is 16.5. The summed E-state index contributed by atoms with van der Waals surface area (Å²) < 4.78 is 5.02. The first-order valence-electron chi connectivity index (χ1n) is 7.32. The molecule has 1 heterocycles. The molecule has 1 aliphatic heterocycles. The van der Waals surface area contributed by atoms with Crippen molar-refractivity contribution in [3.8, 4) is 5.75 Å². The standard InChI is InChI=1S/C17H17NO4/c1-10-5-3-8-14-15(10)17(21)18(16(14)20)12-6-4-7-13(9-12)22-11(2)19/h3-7,9-10,14-15H,8H2,1-2H3/t10-,14+,15-/m0/s1. The van der Waals surface area contributed by atoms with Gasteiger partial charge in [-0.2, -0.15) is 0 Å². The highest BCUT2D eigenvalue weighted by molar-refractivity contribution is 6.22. The number of hydrogen-bond acceptors (Lipinski definition) is 4. The lowest BCUT2D eigenvalue weighted by atomic mass is 9.78. The van der Waals surface area contributed by atoms with Gasteiger partial charge in [-0.25, -0.2) is 4.90 Å². The number of fused-ring (bicyclic) bond motifs is 1. The van der Waals surface area contributed by atoms with E-state index in [2.05, 4.69) is 0 Å². The van der Waals surface area contributed by atoms with E-state index in [1.807, 2.05) is 19.1 Å². The first kappa shape index (κ1) is 14.5. The molecule has 1 aromatic rings. The maximum absolute atomic E-state index is 12.7. The van der Waals surface area contributed by atoms with Crippen LogP contribution in [-0.4, -0.2) is 17.8 Å². The molecule has 2 aliphatic rings. The Balaban J connectivity index is 1.94. The summed E-state index contributed by atoms with van der Waals surface area (Å²) in [6, 6.07) is 6.51. The van der Waals surface area contributed by atoms with E-state index in [9.17, 15) is 14.4 Å². The molecular formula is C17H17NO4. The van der Waals surface area contributed by atoms with Gasteiger partial charge in [0.1, 0.15) is 5.75 Å². The summed E-state index contributed by atoms with van der Waals surface area (Å²) >= 11 is 0. The van der Waals surface area contributed by atoms with Gasteiger partial charge in [0.05, 0.1) is 17.5 Å². The third-order valence-corrected chi connectivity index (χ3v) is 4.21. The van der Waals surface area contributed by atoms with E-state index in [1.165, 1.54) is 11.8 Å². The van der Waals surface area contributed by atoms with Crippen molar-refractivity contribution in [1.82, 2.24) is 0 Å². The summed E-state index contributed by atoms with van der Waals surface area (Å²) in [4.78, 5) is 37.5. The van der Waals surface area contributed by atoms with Crippen molar-refractivity contribution in [2.24, 2.45) is 17.8 Å². The van der Waals surface area contributed by atoms with Crippen molar-refractivity contribution in [3.05, 3.63) is 36.4 Å². The maximum atomic E-state index is 12.7. The summed E-state index contributed by atoms with van der Waals surface area (Å²) in [5, 5.41) is 0. The highest BCUT2D eigenvalue weighted by Crippen LogP contribution is 2.40. The van der Waals surface area contributed by atoms with Crippen molar-refractivity contribution in [3.63, 3.8) is 0 Å². The molecule has 1 aromatic carbocycles. The Bertz CT molecular complexity index is 679. The minimum absolute atomic E-state index is 0.0526. The molecule has 3 atom stereocenters. The van der Waals surface area contributed by atoms with Gasteiger partial charge in [0.2, 0.25) is 11.8 Å². The Morgan fingerprint density at radius 2 is 2.05 bits per heavy atom. The third kappa shape index (κ3) is 2.32. The zero-order valence-electron chi connectivity index (χ0n) is 12.5. The summed E-state index contributed by atoms with van der Waals surface area (Å²) in [5.74, 6) is -0.996. The molecule has 0 saturated carbocycles. The molecule has 22 heavy (non-hydrogen) atoms. The largest absolute Gasteiger partial charge is 0.427 e. The van der Waals surface area contributed by atoms with Crippen LogP contribution in [0.3, 0.4) is 0 Å². The predicted molar refractivity (Wildman–Crippen MR) is 80.1 cm³/mol. The van der Waals surface area contributed by atoms with E-state index in [0.717, 1.165) is 0 Å². The fourth-order valence-electron chi connectivity index (χ4n) is 3.25. The Kier molecular flexibility index (Phi) is 3.56. The Morgan fingerprint density at radius 1 is 1.27 bits per heavy atom. The van der Waals surface area contributed by atoms with Crippen LogP contribution in [-0.2, 0) is 14.4 Å². The molecule has 3 rings (SSSR count). The maximum Gasteiger partial charge on any atom is 0.308 e. The lowest BCUT2D eigenvalue weighted by molar-refractivity contribution is -0.132. The van der Waals surface area contributed by atoms with E-state index in [1.54, 1.807) is 24.3 Å². The predicted octanol–water partition coefficient (Wildman–Crippen LogP) is 2.31. The number of benzene rings is 1. The van der Waals surface area contributed by atoms with Gasteiger partial charge in [-0.1, -0.05) is 25.1 Å². The molecule has 1 saturated heterocycles. The molecule has 5 heteroatoms. The lowest BCUT2D eigenvalue weighted by Gasteiger charge is -2.22. The molecule has 1 aliphatic carbocycles. The molecule has 0 unspecified atom stereocenters. The smallest absolute Gasteiger partial charge is 0.308 e. The number of carbonyl (C=O) groups is 3. The minimum Gasteiger partial charge on any atom is -0.427 e. The molecule has 0 radical (unpaired) electrons. The van der Waals surface area contributed by atoms with E-state index >= 15 is 0 Å². The molecule has 1 fully saturated rings. The van der Waals surface area contributed by atoms with Crippen LogP contribution in [0.1, 0.15) is 20.3 Å². The molecular weight excluding hydrogens is 282 g/mol. The Labute approximate surface area is 128 Å². The van der Waals surface area contributed by atoms with E-state index in [-0.39, 0.29) is 29.6 Å². The SMILES string of the molecule is CC(=O)Oc1cccc(N2C(=O)[C@H]3[C@@H](C)C=CC[C@H]3C2=O)c1. The molecule has 0 bridgehead atoms. The summed E-state index contributed by atoms with van der Waals surface area (Å²) in [6.45, 7) is 3.26. The average Bonchev–Trinajstić information content (AvgIpc) is 2.71. The first-order valence-corrected chi connectivity index (χ1v) is 7.32. The summed E-state index contributed by atoms with van der Waals surface area (Å²) in [7, 11) is 0. The normalized spacial score (nSPS) is 27.0. The molecule has 0 aromatic heterocycles. The van der Waals surface area contributed by atoms with Crippen LogP contribution < -0.4 is 9.64 Å². The van der Waals surface area contributed by atoms with Crippen LogP contribution in [0.25, 0.3) is 0 Å². The van der Waals surface area contributed by atoms with Gasteiger partial charge >= 0.3 is 5.97 Å². The number of carbonyl (C=O) groups excluding carboxylic acids is 3. The minimum atomic E-state index is -0.442. The van der Waals surface area contributed by atoms with Gasteiger partial charge in [-0.3, -0.25) is 14.4 Å². The molecule has 5 nitrogen and oxygen atoms in total. The number of rotatable bonds is 2. The number of ether oxygens (including phenoxy) is 1. The second-order valence-corrected chi connectivity index (χ2v) is 5.76. The number of hydrogen-bond donors (Lipinski definition) is 0. The summed E-state index contributed by atoms with van der Waals surface area (Å²) in [5.41, 5.74) is 0.454. The quantitative estimate of drug-likeness (QED) is 0.364. The van der Waals surface area contributed by atoms with Crippen LogP contribution >= 0.6 is 0 Å². The topological polar surface area (TPSA) is 63.7 Å². The fourth-order valence-corrected chi connectivity index (χ4v) is 3.25. The van der Waals surface area contributed by atoms with Crippen LogP contribution in [0, 0.1) is 17.8 Å². The van der Waals surface area contributed by atoms with Crippen molar-refractivity contribution in [1.29, 1.82) is 0 Å². The van der Waals surface area contributed by atoms with E-state index in [4.69, 9.17) is 4.74 Å². The van der Waals surface area contributed by atoms with Crippen LogP contribution in [0.15, 0.2) is 36.4 Å². The second kappa shape index (κ2) is 5.40. The van der Waals surface area contributed by atoms with Gasteiger partial charge in [0.25, 0.3) is 0 Å². The number of imide groups is 1. The van der Waals surface area contributed by atoms with Crippen LogP contribution in [0.5, 0.6) is 5.75 Å². The van der Waals surface area contributed by atoms with Gasteiger partial charge < -0.3 is 4.74 Å². The molecule has 114 valence electrons. The lowest BCUT2D eigenvalue weighted by Crippen LogP contribution is -2.31. The van der Waals surface area contributed by atoms with E-state index in [0.29, 0.717) is 17.9 Å². The van der Waals surface area contributed by atoms with Gasteiger partial charge in [0.15, 0.2) is 0 Å². The number of allylic oxidation sites excluding steroid dienone is 2. The van der Waals surface area contributed by atoms with Gasteiger partial charge in [-0.15, -0.1) is 0 Å². The van der Waals surface area contributed by atoms with Crippen LogP contribution in [0.4, 0.5) is 5.69 Å². The van der Waals surface area contributed by atoms with E-state index < -0.39 is 5.97 Å². The first-order chi connectivity index (χ1) is 10.5. The van der Waals surface area contributed by atoms with Crippen molar-refractivity contribution >= 4 is 23.5 Å². The zero-order valence-corrected chi connectivity index (χ0v) is 12.5. The van der Waals surface area contributed by atoms with Crippen LogP contribution in [0.2, 0.25) is 0 Å². The highest BCUT2D eigenvalue weighted by Gasteiger charge is 2.50. The van der Waals surface area contributed by atoms with Crippen molar-refractivity contribution < 1.29 is 19.1 Å². The number of anilines is 1. The molecule has 2 amide bonds. The average molecular weight is 299 g/mol. The third-order valence-electron chi connectivity index (χ3n) is 4.21. The van der Waals surface area contributed by atoms with Crippen molar-refractivity contribution in [2.75, 3.05) is 4.90 Å². The van der Waals surface area contributed by atoms with Gasteiger partial charge in [0, 0.05) is 13.0 Å².